The van der Waals surface area contributed by atoms with Crippen LogP contribution in [0.4, 0.5) is 14.6 Å². The van der Waals surface area contributed by atoms with Crippen molar-refractivity contribution in [3.05, 3.63) is 64.9 Å². The zero-order valence-corrected chi connectivity index (χ0v) is 18.0. The molecule has 1 aliphatic carbocycles. The van der Waals surface area contributed by atoms with Crippen LogP contribution in [0.15, 0.2) is 42.9 Å². The smallest absolute Gasteiger partial charge is 0.167 e. The highest BCUT2D eigenvalue weighted by molar-refractivity contribution is 7.15. The van der Waals surface area contributed by atoms with Gasteiger partial charge in [-0.15, -0.1) is 11.3 Å². The SMILES string of the molecule is CC(C)c1cnc(-c2cnn3ccc(N4CC[C@H]5C[C@]54c4cc(F)ccc4F)nc23)s1. The Hall–Kier alpha value is -2.87. The molecule has 1 saturated heterocycles. The zero-order chi connectivity index (χ0) is 21.3. The Morgan fingerprint density at radius 2 is 2.06 bits per heavy atom. The van der Waals surface area contributed by atoms with E-state index < -0.39 is 11.4 Å². The van der Waals surface area contributed by atoms with E-state index in [0.717, 1.165) is 41.4 Å². The molecule has 0 amide bonds. The maximum atomic E-state index is 14.7. The molecule has 8 heteroatoms. The monoisotopic (exact) mass is 437 g/mol. The van der Waals surface area contributed by atoms with Crippen molar-refractivity contribution in [1.29, 1.82) is 0 Å². The highest BCUT2D eigenvalue weighted by atomic mass is 32.1. The summed E-state index contributed by atoms with van der Waals surface area (Å²) in [6, 6.07) is 5.66. The summed E-state index contributed by atoms with van der Waals surface area (Å²) in [5.41, 5.74) is 1.54. The molecule has 2 fully saturated rings. The number of hydrogen-bond acceptors (Lipinski definition) is 5. The van der Waals surface area contributed by atoms with Crippen molar-refractivity contribution in [3.63, 3.8) is 0 Å². The van der Waals surface area contributed by atoms with Crippen LogP contribution in [0.1, 0.15) is 43.0 Å². The van der Waals surface area contributed by atoms with Crippen LogP contribution in [-0.4, -0.2) is 26.1 Å². The molecular formula is C23H21F2N5S. The largest absolute Gasteiger partial charge is 0.346 e. The second-order valence-corrected chi connectivity index (χ2v) is 9.79. The molecule has 0 bridgehead atoms. The van der Waals surface area contributed by atoms with Crippen molar-refractivity contribution in [3.8, 4) is 10.6 Å². The molecule has 1 aliphatic heterocycles. The van der Waals surface area contributed by atoms with Gasteiger partial charge in [0.25, 0.3) is 0 Å². The molecule has 6 rings (SSSR count). The lowest BCUT2D eigenvalue weighted by Gasteiger charge is -2.30. The quantitative estimate of drug-likeness (QED) is 0.430. The summed E-state index contributed by atoms with van der Waals surface area (Å²) >= 11 is 1.65. The Kier molecular flexibility index (Phi) is 3.99. The van der Waals surface area contributed by atoms with Crippen LogP contribution in [0.5, 0.6) is 0 Å². The molecule has 4 aromatic rings. The van der Waals surface area contributed by atoms with Crippen LogP contribution in [-0.2, 0) is 5.54 Å². The number of piperidine rings is 1. The topological polar surface area (TPSA) is 46.3 Å². The molecule has 0 radical (unpaired) electrons. The minimum absolute atomic E-state index is 0.318. The maximum absolute atomic E-state index is 14.7. The van der Waals surface area contributed by atoms with Gasteiger partial charge in [-0.3, -0.25) is 0 Å². The van der Waals surface area contributed by atoms with Gasteiger partial charge in [0.1, 0.15) is 22.5 Å². The fourth-order valence-electron chi connectivity index (χ4n) is 4.93. The lowest BCUT2D eigenvalue weighted by Crippen LogP contribution is -2.34. The molecule has 0 N–H and O–H groups in total. The van der Waals surface area contributed by atoms with Crippen molar-refractivity contribution in [2.75, 3.05) is 11.4 Å². The summed E-state index contributed by atoms with van der Waals surface area (Å²) in [6.07, 6.45) is 7.34. The highest BCUT2D eigenvalue weighted by Crippen LogP contribution is 2.63. The molecule has 0 spiro atoms. The van der Waals surface area contributed by atoms with Crippen LogP contribution < -0.4 is 4.90 Å². The second kappa shape index (κ2) is 6.56. The molecule has 0 unspecified atom stereocenters. The van der Waals surface area contributed by atoms with Gasteiger partial charge in [-0.1, -0.05) is 13.8 Å². The molecule has 3 aromatic heterocycles. The van der Waals surface area contributed by atoms with E-state index in [-0.39, 0.29) is 5.82 Å². The van der Waals surface area contributed by atoms with Gasteiger partial charge in [0.05, 0.1) is 17.3 Å². The Balaban J connectivity index is 1.44. The van der Waals surface area contributed by atoms with Gasteiger partial charge in [0.2, 0.25) is 0 Å². The maximum Gasteiger partial charge on any atom is 0.167 e. The standard InChI is InChI=1S/C23H21F2N5S/c1-13(2)19-12-26-22(31-19)16-11-27-30-8-6-20(28-21(16)30)29-7-5-14-10-23(14,29)17-9-15(24)3-4-18(17)25/h3-4,6,8-9,11-14H,5,7,10H2,1-2H3/t14-,23+/m0/s1. The van der Waals surface area contributed by atoms with Crippen LogP contribution >= 0.6 is 11.3 Å². The summed E-state index contributed by atoms with van der Waals surface area (Å²) in [7, 11) is 0. The first kappa shape index (κ1) is 18.9. The predicted molar refractivity (Wildman–Crippen MR) is 116 cm³/mol. The minimum atomic E-state index is -0.510. The molecule has 2 aliphatic rings. The van der Waals surface area contributed by atoms with Crippen LogP contribution in [0.2, 0.25) is 0 Å². The number of rotatable bonds is 4. The summed E-state index contributed by atoms with van der Waals surface area (Å²) in [6.45, 7) is 5.06. The summed E-state index contributed by atoms with van der Waals surface area (Å²) in [5, 5.41) is 5.33. The van der Waals surface area contributed by atoms with Crippen LogP contribution in [0, 0.1) is 17.6 Å². The number of halogens is 2. The van der Waals surface area contributed by atoms with Crippen LogP contribution in [0.25, 0.3) is 16.2 Å². The van der Waals surface area contributed by atoms with E-state index in [2.05, 4.69) is 28.8 Å². The number of thiazole rings is 1. The van der Waals surface area contributed by atoms with Gasteiger partial charge < -0.3 is 4.90 Å². The van der Waals surface area contributed by atoms with Crippen molar-refractivity contribution in [2.24, 2.45) is 5.92 Å². The number of nitrogens with zero attached hydrogens (tertiary/aromatic N) is 5. The van der Waals surface area contributed by atoms with E-state index in [9.17, 15) is 8.78 Å². The Labute approximate surface area is 182 Å². The average Bonchev–Trinajstić information content (AvgIpc) is 3.13. The first-order chi connectivity index (χ1) is 15.0. The van der Waals surface area contributed by atoms with Crippen molar-refractivity contribution < 1.29 is 8.78 Å². The molecule has 2 atom stereocenters. The van der Waals surface area contributed by atoms with E-state index in [1.54, 1.807) is 22.0 Å². The lowest BCUT2D eigenvalue weighted by molar-refractivity contribution is 0.544. The second-order valence-electron chi connectivity index (χ2n) is 8.72. The summed E-state index contributed by atoms with van der Waals surface area (Å²) in [4.78, 5) is 12.9. The number of benzene rings is 1. The minimum Gasteiger partial charge on any atom is -0.346 e. The molecular weight excluding hydrogens is 416 g/mol. The molecule has 31 heavy (non-hydrogen) atoms. The van der Waals surface area contributed by atoms with E-state index in [1.807, 2.05) is 18.5 Å². The Morgan fingerprint density at radius 1 is 1.19 bits per heavy atom. The van der Waals surface area contributed by atoms with Crippen molar-refractivity contribution in [1.82, 2.24) is 19.6 Å². The van der Waals surface area contributed by atoms with E-state index in [4.69, 9.17) is 4.98 Å². The van der Waals surface area contributed by atoms with Gasteiger partial charge in [-0.05, 0) is 48.9 Å². The predicted octanol–water partition coefficient (Wildman–Crippen LogP) is 5.38. The highest BCUT2D eigenvalue weighted by Gasteiger charge is 2.64. The lowest BCUT2D eigenvalue weighted by atomic mass is 10.0. The average molecular weight is 438 g/mol. The van der Waals surface area contributed by atoms with Crippen molar-refractivity contribution >= 4 is 22.8 Å². The number of fused-ring (bicyclic) bond motifs is 2. The third kappa shape index (κ3) is 2.74. The van der Waals surface area contributed by atoms with Crippen LogP contribution in [0.3, 0.4) is 0 Å². The third-order valence-corrected chi connectivity index (χ3v) is 7.94. The van der Waals surface area contributed by atoms with Gasteiger partial charge in [0, 0.05) is 29.4 Å². The normalized spacial score (nSPS) is 22.5. The van der Waals surface area contributed by atoms with E-state index in [0.29, 0.717) is 17.4 Å². The first-order valence-electron chi connectivity index (χ1n) is 10.5. The van der Waals surface area contributed by atoms with Gasteiger partial charge in [-0.25, -0.2) is 23.3 Å². The molecule has 4 heterocycles. The van der Waals surface area contributed by atoms with Gasteiger partial charge in [0.15, 0.2) is 5.65 Å². The number of aromatic nitrogens is 4. The van der Waals surface area contributed by atoms with E-state index >= 15 is 0 Å². The first-order valence-corrected chi connectivity index (χ1v) is 11.3. The number of anilines is 1. The Morgan fingerprint density at radius 3 is 2.84 bits per heavy atom. The fourth-order valence-corrected chi connectivity index (χ4v) is 5.86. The zero-order valence-electron chi connectivity index (χ0n) is 17.2. The summed E-state index contributed by atoms with van der Waals surface area (Å²) < 4.78 is 30.4. The number of hydrogen-bond donors (Lipinski definition) is 0. The van der Waals surface area contributed by atoms with Crippen molar-refractivity contribution in [2.45, 2.75) is 38.1 Å². The van der Waals surface area contributed by atoms with Gasteiger partial charge >= 0.3 is 0 Å². The molecule has 5 nitrogen and oxygen atoms in total. The molecule has 158 valence electrons. The summed E-state index contributed by atoms with van der Waals surface area (Å²) in [5.74, 6) is 0.728. The fraction of sp³-hybridized carbons (Fsp3) is 0.348. The van der Waals surface area contributed by atoms with Gasteiger partial charge in [-0.2, -0.15) is 5.10 Å². The Bertz CT molecular complexity index is 1310. The van der Waals surface area contributed by atoms with E-state index in [1.165, 1.54) is 23.1 Å². The molecule has 1 saturated carbocycles. The third-order valence-electron chi connectivity index (χ3n) is 6.60. The molecule has 1 aromatic carbocycles.